The van der Waals surface area contributed by atoms with E-state index in [1.165, 1.54) is 5.56 Å². The number of allylic oxidation sites excluding steroid dienone is 4. The Morgan fingerprint density at radius 2 is 1.69 bits per heavy atom. The summed E-state index contributed by atoms with van der Waals surface area (Å²) < 4.78 is 36.7. The number of nitrogens with zero attached hydrogens (tertiary/aromatic N) is 1. The van der Waals surface area contributed by atoms with E-state index < -0.39 is 21.8 Å². The molecular formula is C36H38N2O6S. The maximum atomic E-state index is 12.5. The quantitative estimate of drug-likeness (QED) is 0.163. The number of aromatic hydroxyl groups is 1. The zero-order valence-corrected chi connectivity index (χ0v) is 26.5. The minimum Gasteiger partial charge on any atom is -0.508 e. The molecule has 5 rings (SSSR count). The fraction of sp³-hybridized carbons (Fsp3) is 0.278. The second kappa shape index (κ2) is 13.3. The van der Waals surface area contributed by atoms with Gasteiger partial charge in [-0.1, -0.05) is 80.5 Å². The van der Waals surface area contributed by atoms with Crippen molar-refractivity contribution in [2.45, 2.75) is 51.4 Å². The monoisotopic (exact) mass is 626 g/mol. The van der Waals surface area contributed by atoms with Gasteiger partial charge in [-0.25, -0.2) is 0 Å². The predicted molar refractivity (Wildman–Crippen MR) is 176 cm³/mol. The van der Waals surface area contributed by atoms with Crippen LogP contribution in [0.1, 0.15) is 83.6 Å². The lowest BCUT2D eigenvalue weighted by atomic mass is 9.83. The second-order valence-corrected chi connectivity index (χ2v) is 14.0. The van der Waals surface area contributed by atoms with Crippen molar-refractivity contribution in [1.29, 1.82) is 0 Å². The van der Waals surface area contributed by atoms with Gasteiger partial charge in [0.15, 0.2) is 5.76 Å². The SMILES string of the molecule is CC(C)(C)c1ccc(C(Cc2ccc(C(=O)NCCS(=O)(=O)O)cc2)c2cc(C3=CC(c4ccc(O)cc4)=CCC3)on2)cc1. The number of aromatic nitrogens is 1. The lowest BCUT2D eigenvalue weighted by molar-refractivity contribution is 0.0956. The molecule has 234 valence electrons. The van der Waals surface area contributed by atoms with E-state index in [4.69, 9.17) is 9.08 Å². The molecule has 1 heterocycles. The number of phenols is 1. The van der Waals surface area contributed by atoms with Crippen molar-refractivity contribution in [2.24, 2.45) is 0 Å². The maximum absolute atomic E-state index is 12.5. The van der Waals surface area contributed by atoms with E-state index in [0.717, 1.165) is 52.1 Å². The first kappa shape index (κ1) is 31.9. The zero-order chi connectivity index (χ0) is 32.2. The largest absolute Gasteiger partial charge is 0.508 e. The number of hydrogen-bond donors (Lipinski definition) is 3. The Labute approximate surface area is 264 Å². The molecule has 1 aromatic heterocycles. The van der Waals surface area contributed by atoms with Gasteiger partial charge in [-0.05, 0) is 88.4 Å². The highest BCUT2D eigenvalue weighted by atomic mass is 32.2. The van der Waals surface area contributed by atoms with Gasteiger partial charge in [0.2, 0.25) is 0 Å². The molecule has 1 amide bonds. The molecule has 3 aromatic carbocycles. The molecule has 0 spiro atoms. The van der Waals surface area contributed by atoms with Crippen molar-refractivity contribution in [1.82, 2.24) is 10.5 Å². The van der Waals surface area contributed by atoms with Gasteiger partial charge in [-0.2, -0.15) is 8.42 Å². The third kappa shape index (κ3) is 8.38. The van der Waals surface area contributed by atoms with E-state index in [-0.39, 0.29) is 23.6 Å². The van der Waals surface area contributed by atoms with Gasteiger partial charge >= 0.3 is 0 Å². The number of nitrogens with one attached hydrogen (secondary N) is 1. The molecule has 0 bridgehead atoms. The van der Waals surface area contributed by atoms with Gasteiger partial charge in [0.1, 0.15) is 5.75 Å². The molecule has 45 heavy (non-hydrogen) atoms. The van der Waals surface area contributed by atoms with Crippen LogP contribution in [-0.2, 0) is 22.0 Å². The summed E-state index contributed by atoms with van der Waals surface area (Å²) in [5.74, 6) is -0.112. The van der Waals surface area contributed by atoms with Crippen LogP contribution in [-0.4, -0.2) is 41.4 Å². The second-order valence-electron chi connectivity index (χ2n) is 12.4. The van der Waals surface area contributed by atoms with E-state index in [2.05, 4.69) is 67.7 Å². The van der Waals surface area contributed by atoms with E-state index >= 15 is 0 Å². The minimum absolute atomic E-state index is 0.0169. The predicted octanol–water partition coefficient (Wildman–Crippen LogP) is 6.93. The summed E-state index contributed by atoms with van der Waals surface area (Å²) in [7, 11) is -4.15. The summed E-state index contributed by atoms with van der Waals surface area (Å²) in [6.07, 6.45) is 6.61. The fourth-order valence-electron chi connectivity index (χ4n) is 5.39. The molecule has 1 unspecified atom stereocenters. The fourth-order valence-corrected chi connectivity index (χ4v) is 5.75. The first-order valence-electron chi connectivity index (χ1n) is 15.0. The average Bonchev–Trinajstić information content (AvgIpc) is 3.50. The van der Waals surface area contributed by atoms with Gasteiger partial charge in [-0.3, -0.25) is 9.35 Å². The molecule has 1 atom stereocenters. The molecule has 0 fully saturated rings. The number of carbonyl (C=O) groups is 1. The molecule has 4 aromatic rings. The number of rotatable bonds is 10. The van der Waals surface area contributed by atoms with Crippen LogP contribution in [0.2, 0.25) is 0 Å². The minimum atomic E-state index is -4.15. The van der Waals surface area contributed by atoms with Gasteiger partial charge in [-0.15, -0.1) is 0 Å². The Hall–Kier alpha value is -4.47. The van der Waals surface area contributed by atoms with Crippen LogP contribution >= 0.6 is 0 Å². The standard InChI is InChI=1S/C36H38N2O6S/c1-36(2,3)30-15-11-26(12-16-30)32(21-24-7-9-27(10-8-24)35(40)37-19-20-45(41,42)43)33-23-34(44-38-33)29-6-4-5-28(22-29)25-13-17-31(39)18-14-25/h5,7-18,22-23,32,39H,4,6,19-21H2,1-3H3,(H,37,40)(H,41,42,43). The van der Waals surface area contributed by atoms with Crippen LogP contribution in [0, 0.1) is 0 Å². The summed E-state index contributed by atoms with van der Waals surface area (Å²) in [6.45, 7) is 6.37. The molecule has 9 heteroatoms. The van der Waals surface area contributed by atoms with Crippen LogP contribution in [0.3, 0.4) is 0 Å². The molecule has 1 aliphatic rings. The van der Waals surface area contributed by atoms with Crippen LogP contribution in [0.5, 0.6) is 5.75 Å². The van der Waals surface area contributed by atoms with Gasteiger partial charge in [0, 0.05) is 24.1 Å². The number of phenolic OH excluding ortho intramolecular Hbond substituents is 1. The van der Waals surface area contributed by atoms with Gasteiger partial charge < -0.3 is 14.9 Å². The molecule has 0 saturated heterocycles. The highest BCUT2D eigenvalue weighted by Gasteiger charge is 2.23. The van der Waals surface area contributed by atoms with Crippen molar-refractivity contribution < 1.29 is 27.4 Å². The molecule has 1 aliphatic carbocycles. The Bertz CT molecular complexity index is 1810. The van der Waals surface area contributed by atoms with Crippen molar-refractivity contribution in [3.05, 3.63) is 130 Å². The highest BCUT2D eigenvalue weighted by molar-refractivity contribution is 7.85. The molecule has 0 radical (unpaired) electrons. The van der Waals surface area contributed by atoms with Gasteiger partial charge in [0.25, 0.3) is 16.0 Å². The number of benzene rings is 3. The van der Waals surface area contributed by atoms with Crippen molar-refractivity contribution >= 4 is 27.2 Å². The Morgan fingerprint density at radius 3 is 2.33 bits per heavy atom. The number of carbonyl (C=O) groups excluding carboxylic acids is 1. The first-order chi connectivity index (χ1) is 21.4. The molecule has 3 N–H and O–H groups in total. The smallest absolute Gasteiger partial charge is 0.266 e. The van der Waals surface area contributed by atoms with Crippen molar-refractivity contribution in [3.63, 3.8) is 0 Å². The summed E-state index contributed by atoms with van der Waals surface area (Å²) in [6, 6.07) is 25.0. The van der Waals surface area contributed by atoms with E-state index in [9.17, 15) is 18.3 Å². The van der Waals surface area contributed by atoms with Crippen molar-refractivity contribution in [2.75, 3.05) is 12.3 Å². The topological polar surface area (TPSA) is 130 Å². The van der Waals surface area contributed by atoms with Crippen LogP contribution in [0.25, 0.3) is 11.1 Å². The van der Waals surface area contributed by atoms with E-state index in [0.29, 0.717) is 12.0 Å². The Morgan fingerprint density at radius 1 is 1.00 bits per heavy atom. The lowest BCUT2D eigenvalue weighted by Gasteiger charge is -2.21. The Kier molecular flexibility index (Phi) is 9.41. The zero-order valence-electron chi connectivity index (χ0n) is 25.7. The maximum Gasteiger partial charge on any atom is 0.266 e. The number of amides is 1. The summed E-state index contributed by atoms with van der Waals surface area (Å²) in [4.78, 5) is 12.5. The van der Waals surface area contributed by atoms with Crippen LogP contribution < -0.4 is 5.32 Å². The molecule has 0 saturated carbocycles. The van der Waals surface area contributed by atoms with E-state index in [1.54, 1.807) is 24.3 Å². The van der Waals surface area contributed by atoms with Gasteiger partial charge in [0.05, 0.1) is 11.4 Å². The Balaban J connectivity index is 1.40. The number of hydrogen-bond acceptors (Lipinski definition) is 6. The average molecular weight is 627 g/mol. The van der Waals surface area contributed by atoms with Crippen molar-refractivity contribution in [3.8, 4) is 5.75 Å². The normalized spacial score (nSPS) is 14.4. The van der Waals surface area contributed by atoms with Crippen LogP contribution in [0.15, 0.2) is 95.5 Å². The summed E-state index contributed by atoms with van der Waals surface area (Å²) in [5, 5.41) is 16.7. The highest BCUT2D eigenvalue weighted by Crippen LogP contribution is 2.35. The summed E-state index contributed by atoms with van der Waals surface area (Å²) >= 11 is 0. The van der Waals surface area contributed by atoms with Crippen LogP contribution in [0.4, 0.5) is 0 Å². The van der Waals surface area contributed by atoms with E-state index in [1.807, 2.05) is 30.3 Å². The molecule has 0 aliphatic heterocycles. The molecule has 8 nitrogen and oxygen atoms in total. The lowest BCUT2D eigenvalue weighted by Crippen LogP contribution is -2.28. The first-order valence-corrected chi connectivity index (χ1v) is 16.6. The third-order valence-electron chi connectivity index (χ3n) is 7.99. The summed E-state index contributed by atoms with van der Waals surface area (Å²) in [5.41, 5.74) is 7.70. The third-order valence-corrected chi connectivity index (χ3v) is 8.71. The molecular weight excluding hydrogens is 588 g/mol.